The maximum Gasteiger partial charge on any atom is 0.329 e. The molecule has 0 spiro atoms. The van der Waals surface area contributed by atoms with Gasteiger partial charge in [-0.2, -0.15) is 0 Å². The number of nitrogens with one attached hydrogen (secondary N) is 2. The van der Waals surface area contributed by atoms with Crippen LogP contribution in [0, 0.1) is 0 Å². The summed E-state index contributed by atoms with van der Waals surface area (Å²) in [5.41, 5.74) is 0.410. The van der Waals surface area contributed by atoms with Gasteiger partial charge in [0.05, 0.1) is 25.8 Å². The second kappa shape index (κ2) is 8.32. The lowest BCUT2D eigenvalue weighted by Crippen LogP contribution is -2.43. The van der Waals surface area contributed by atoms with Crippen LogP contribution in [-0.2, 0) is 9.59 Å². The fraction of sp³-hybridized carbons (Fsp3) is 0.286. The fourth-order valence-electron chi connectivity index (χ4n) is 3.29. The van der Waals surface area contributed by atoms with Gasteiger partial charge in [-0.25, -0.2) is 9.69 Å². The van der Waals surface area contributed by atoms with Crippen LogP contribution in [0.1, 0.15) is 6.42 Å². The van der Waals surface area contributed by atoms with Crippen LogP contribution >= 0.6 is 0 Å². The largest absolute Gasteiger partial charge is 0.497 e. The van der Waals surface area contributed by atoms with Crippen LogP contribution in [0.4, 0.5) is 10.5 Å². The van der Waals surface area contributed by atoms with Gasteiger partial charge in [0.2, 0.25) is 5.91 Å². The molecule has 2 heterocycles. The van der Waals surface area contributed by atoms with E-state index in [0.29, 0.717) is 29.5 Å². The SMILES string of the molecule is COc1ccc(N2C(=O)N[C@H](CC(=O)NC[C@@H]3COc4ccccc4O3)C2=O)cc1. The lowest BCUT2D eigenvalue weighted by Gasteiger charge is -2.26. The summed E-state index contributed by atoms with van der Waals surface area (Å²) in [4.78, 5) is 38.2. The summed E-state index contributed by atoms with van der Waals surface area (Å²) in [6.45, 7) is 0.534. The molecule has 0 aliphatic carbocycles. The molecule has 1 saturated heterocycles. The zero-order valence-electron chi connectivity index (χ0n) is 16.3. The van der Waals surface area contributed by atoms with Crippen molar-refractivity contribution in [1.82, 2.24) is 10.6 Å². The van der Waals surface area contributed by atoms with Crippen LogP contribution in [0.3, 0.4) is 0 Å². The molecule has 1 fully saturated rings. The Kier molecular flexibility index (Phi) is 5.42. The predicted molar refractivity (Wildman–Crippen MR) is 107 cm³/mol. The molecule has 0 radical (unpaired) electrons. The van der Waals surface area contributed by atoms with E-state index in [9.17, 15) is 14.4 Å². The number of amides is 4. The van der Waals surface area contributed by atoms with E-state index in [4.69, 9.17) is 14.2 Å². The van der Waals surface area contributed by atoms with Gasteiger partial charge in [-0.15, -0.1) is 0 Å². The summed E-state index contributed by atoms with van der Waals surface area (Å²) in [6.07, 6.45) is -0.505. The molecule has 4 amide bonds. The minimum Gasteiger partial charge on any atom is -0.497 e. The molecular formula is C21H21N3O6. The Morgan fingerprint density at radius 3 is 2.63 bits per heavy atom. The highest BCUT2D eigenvalue weighted by Gasteiger charge is 2.40. The van der Waals surface area contributed by atoms with E-state index in [-0.39, 0.29) is 25.0 Å². The molecule has 2 aliphatic heterocycles. The average Bonchev–Trinajstić information content (AvgIpc) is 3.05. The maximum absolute atomic E-state index is 12.6. The third kappa shape index (κ3) is 4.00. The summed E-state index contributed by atoms with van der Waals surface area (Å²) >= 11 is 0. The van der Waals surface area contributed by atoms with Crippen molar-refractivity contribution in [3.05, 3.63) is 48.5 Å². The molecular weight excluding hydrogens is 390 g/mol. The van der Waals surface area contributed by atoms with E-state index >= 15 is 0 Å². The van der Waals surface area contributed by atoms with Crippen molar-refractivity contribution < 1.29 is 28.6 Å². The first kappa shape index (κ1) is 19.6. The van der Waals surface area contributed by atoms with E-state index in [2.05, 4.69) is 10.6 Å². The number of rotatable bonds is 6. The Morgan fingerprint density at radius 2 is 1.90 bits per heavy atom. The average molecular weight is 411 g/mol. The standard InChI is InChI=1S/C21H21N3O6/c1-28-14-8-6-13(7-9-14)24-20(26)16(23-21(24)27)10-19(25)22-11-15-12-29-17-4-2-3-5-18(17)30-15/h2-9,15-16H,10-12H2,1H3,(H,22,25)(H,23,27)/t15-,16-/m1/s1. The number of carbonyl (C=O) groups is 3. The lowest BCUT2D eigenvalue weighted by atomic mass is 10.2. The van der Waals surface area contributed by atoms with Gasteiger partial charge in [0, 0.05) is 0 Å². The van der Waals surface area contributed by atoms with Gasteiger partial charge < -0.3 is 24.8 Å². The second-order valence-electron chi connectivity index (χ2n) is 6.88. The van der Waals surface area contributed by atoms with Gasteiger partial charge >= 0.3 is 6.03 Å². The Balaban J connectivity index is 1.30. The van der Waals surface area contributed by atoms with Crippen molar-refractivity contribution >= 4 is 23.5 Å². The van der Waals surface area contributed by atoms with Crippen LogP contribution in [-0.4, -0.2) is 50.3 Å². The number of benzene rings is 2. The number of anilines is 1. The minimum atomic E-state index is -0.927. The summed E-state index contributed by atoms with van der Waals surface area (Å²) in [7, 11) is 1.53. The van der Waals surface area contributed by atoms with E-state index in [1.807, 2.05) is 18.2 Å². The van der Waals surface area contributed by atoms with E-state index in [1.165, 1.54) is 7.11 Å². The monoisotopic (exact) mass is 411 g/mol. The predicted octanol–water partition coefficient (Wildman–Crippen LogP) is 1.47. The number of methoxy groups -OCH3 is 1. The van der Waals surface area contributed by atoms with Crippen LogP contribution in [0.25, 0.3) is 0 Å². The van der Waals surface area contributed by atoms with Crippen LogP contribution in [0.5, 0.6) is 17.2 Å². The van der Waals surface area contributed by atoms with Gasteiger partial charge in [-0.05, 0) is 36.4 Å². The molecule has 2 aromatic carbocycles. The summed E-state index contributed by atoms with van der Waals surface area (Å²) in [6, 6.07) is 12.3. The van der Waals surface area contributed by atoms with E-state index < -0.39 is 18.0 Å². The van der Waals surface area contributed by atoms with Gasteiger partial charge in [0.1, 0.15) is 24.5 Å². The third-order valence-electron chi connectivity index (χ3n) is 4.83. The highest BCUT2D eigenvalue weighted by molar-refractivity contribution is 6.22. The minimum absolute atomic E-state index is 0.165. The van der Waals surface area contributed by atoms with Crippen molar-refractivity contribution in [2.45, 2.75) is 18.6 Å². The smallest absolute Gasteiger partial charge is 0.329 e. The molecule has 2 aromatic rings. The Labute approximate surface area is 172 Å². The van der Waals surface area contributed by atoms with Crippen molar-refractivity contribution in [1.29, 1.82) is 0 Å². The second-order valence-corrected chi connectivity index (χ2v) is 6.88. The molecule has 4 rings (SSSR count). The van der Waals surface area contributed by atoms with E-state index in [1.54, 1.807) is 30.3 Å². The summed E-state index contributed by atoms with van der Waals surface area (Å²) < 4.78 is 16.5. The van der Waals surface area contributed by atoms with Crippen LogP contribution < -0.4 is 29.7 Å². The highest BCUT2D eigenvalue weighted by atomic mass is 16.6. The third-order valence-corrected chi connectivity index (χ3v) is 4.83. The first-order valence-corrected chi connectivity index (χ1v) is 9.49. The van der Waals surface area contributed by atoms with Crippen LogP contribution in [0.2, 0.25) is 0 Å². The number of ether oxygens (including phenoxy) is 3. The van der Waals surface area contributed by atoms with Crippen molar-refractivity contribution in [3.63, 3.8) is 0 Å². The number of urea groups is 1. The molecule has 9 nitrogen and oxygen atoms in total. The molecule has 0 bridgehead atoms. The number of hydrogen-bond acceptors (Lipinski definition) is 6. The van der Waals surface area contributed by atoms with Crippen LogP contribution in [0.15, 0.2) is 48.5 Å². The van der Waals surface area contributed by atoms with Crippen molar-refractivity contribution in [2.24, 2.45) is 0 Å². The summed E-state index contributed by atoms with van der Waals surface area (Å²) in [5, 5.41) is 5.28. The van der Waals surface area contributed by atoms with Gasteiger partial charge in [-0.3, -0.25) is 9.59 Å². The molecule has 156 valence electrons. The first-order chi connectivity index (χ1) is 14.5. The fourth-order valence-corrected chi connectivity index (χ4v) is 3.29. The normalized spacial score (nSPS) is 20.0. The number of nitrogens with zero attached hydrogens (tertiary/aromatic N) is 1. The number of para-hydroxylation sites is 2. The number of fused-ring (bicyclic) bond motifs is 1. The molecule has 2 atom stereocenters. The highest BCUT2D eigenvalue weighted by Crippen LogP contribution is 2.30. The first-order valence-electron chi connectivity index (χ1n) is 9.49. The topological polar surface area (TPSA) is 106 Å². The molecule has 30 heavy (non-hydrogen) atoms. The summed E-state index contributed by atoms with van der Waals surface area (Å²) in [5.74, 6) is 1.05. The molecule has 9 heteroatoms. The zero-order valence-corrected chi connectivity index (χ0v) is 16.3. The lowest BCUT2D eigenvalue weighted by molar-refractivity contribution is -0.125. The molecule has 0 aromatic heterocycles. The number of carbonyl (C=O) groups excluding carboxylic acids is 3. The maximum atomic E-state index is 12.6. The molecule has 2 N–H and O–H groups in total. The van der Waals surface area contributed by atoms with Crippen molar-refractivity contribution in [3.8, 4) is 17.2 Å². The van der Waals surface area contributed by atoms with E-state index in [0.717, 1.165) is 4.90 Å². The van der Waals surface area contributed by atoms with Gasteiger partial charge in [-0.1, -0.05) is 12.1 Å². The number of imide groups is 1. The Hall–Kier alpha value is -3.75. The molecule has 2 aliphatic rings. The van der Waals surface area contributed by atoms with Crippen molar-refractivity contribution in [2.75, 3.05) is 25.2 Å². The molecule has 0 saturated carbocycles. The zero-order chi connectivity index (χ0) is 21.1. The quantitative estimate of drug-likeness (QED) is 0.698. The Morgan fingerprint density at radius 1 is 1.17 bits per heavy atom. The van der Waals surface area contributed by atoms with Gasteiger partial charge in [0.25, 0.3) is 5.91 Å². The Bertz CT molecular complexity index is 961. The van der Waals surface area contributed by atoms with Gasteiger partial charge in [0.15, 0.2) is 11.5 Å². The number of hydrogen-bond donors (Lipinski definition) is 2. The molecule has 0 unspecified atom stereocenters.